The third kappa shape index (κ3) is 4.74. The molecule has 1 aromatic heterocycles. The van der Waals surface area contributed by atoms with E-state index in [9.17, 15) is 4.79 Å². The average Bonchev–Trinajstić information content (AvgIpc) is 3.12. The van der Waals surface area contributed by atoms with Crippen LogP contribution in [0.15, 0.2) is 59.0 Å². The lowest BCUT2D eigenvalue weighted by molar-refractivity contribution is 0.0977. The minimum Gasteiger partial charge on any atom is -0.459 e. The predicted octanol–water partition coefficient (Wildman–Crippen LogP) is 4.53. The summed E-state index contributed by atoms with van der Waals surface area (Å²) in [5.41, 5.74) is 2.80. The van der Waals surface area contributed by atoms with Gasteiger partial charge in [-0.05, 0) is 61.6 Å². The Hall–Kier alpha value is -2.67. The number of thiocarbonyl (C=S) groups is 1. The van der Waals surface area contributed by atoms with Gasteiger partial charge in [0.1, 0.15) is 18.1 Å². The number of amides is 1. The maximum Gasteiger partial charge on any atom is 0.257 e. The fourth-order valence-corrected chi connectivity index (χ4v) is 2.87. The number of hydrogen-bond acceptors (Lipinski definition) is 4. The molecular formula is C20H17ClN2O3S. The van der Waals surface area contributed by atoms with E-state index in [4.69, 9.17) is 33.3 Å². The summed E-state index contributed by atoms with van der Waals surface area (Å²) in [5.74, 6) is 0.756. The zero-order valence-corrected chi connectivity index (χ0v) is 16.0. The number of carbonyl (C=O) groups is 1. The second-order valence-electron chi connectivity index (χ2n) is 5.90. The number of halogens is 1. The van der Waals surface area contributed by atoms with Crippen molar-refractivity contribution in [1.29, 1.82) is 0 Å². The van der Waals surface area contributed by atoms with E-state index in [0.29, 0.717) is 27.8 Å². The third-order valence-corrected chi connectivity index (χ3v) is 4.36. The van der Waals surface area contributed by atoms with Crippen LogP contribution in [0.5, 0.6) is 0 Å². The first kappa shape index (κ1) is 19.1. The van der Waals surface area contributed by atoms with E-state index in [1.807, 2.05) is 19.1 Å². The van der Waals surface area contributed by atoms with E-state index in [-0.39, 0.29) is 17.6 Å². The molecule has 3 N–H and O–H groups in total. The van der Waals surface area contributed by atoms with Crippen molar-refractivity contribution >= 4 is 40.5 Å². The molecule has 2 aromatic carbocycles. The number of rotatable bonds is 4. The van der Waals surface area contributed by atoms with Crippen molar-refractivity contribution in [2.24, 2.45) is 0 Å². The Morgan fingerprint density at radius 2 is 2.00 bits per heavy atom. The Morgan fingerprint density at radius 3 is 2.70 bits per heavy atom. The van der Waals surface area contributed by atoms with Crippen LogP contribution in [-0.2, 0) is 6.61 Å². The number of furan rings is 1. The van der Waals surface area contributed by atoms with Crippen molar-refractivity contribution < 1.29 is 14.3 Å². The number of carbonyl (C=O) groups excluding carboxylic acids is 1. The van der Waals surface area contributed by atoms with Gasteiger partial charge in [-0.15, -0.1) is 0 Å². The highest BCUT2D eigenvalue weighted by molar-refractivity contribution is 7.80. The van der Waals surface area contributed by atoms with Gasteiger partial charge in [-0.3, -0.25) is 10.1 Å². The van der Waals surface area contributed by atoms with Crippen LogP contribution in [0.25, 0.3) is 11.3 Å². The van der Waals surface area contributed by atoms with Crippen LogP contribution in [0.3, 0.4) is 0 Å². The van der Waals surface area contributed by atoms with Gasteiger partial charge in [-0.2, -0.15) is 0 Å². The molecular weight excluding hydrogens is 384 g/mol. The highest BCUT2D eigenvalue weighted by Gasteiger charge is 2.11. The molecule has 1 heterocycles. The van der Waals surface area contributed by atoms with Crippen LogP contribution in [-0.4, -0.2) is 16.1 Å². The van der Waals surface area contributed by atoms with E-state index in [1.165, 1.54) is 0 Å². The third-order valence-electron chi connectivity index (χ3n) is 3.82. The maximum absolute atomic E-state index is 12.3. The monoisotopic (exact) mass is 400 g/mol. The first-order valence-electron chi connectivity index (χ1n) is 8.15. The molecule has 0 saturated carbocycles. The summed E-state index contributed by atoms with van der Waals surface area (Å²) >= 11 is 11.5. The summed E-state index contributed by atoms with van der Waals surface area (Å²) in [6, 6.07) is 15.9. The lowest BCUT2D eigenvalue weighted by Crippen LogP contribution is -2.34. The first-order chi connectivity index (χ1) is 13.0. The van der Waals surface area contributed by atoms with Crippen molar-refractivity contribution in [2.75, 3.05) is 5.32 Å². The van der Waals surface area contributed by atoms with E-state index in [0.717, 1.165) is 11.1 Å². The smallest absolute Gasteiger partial charge is 0.257 e. The normalized spacial score (nSPS) is 10.5. The van der Waals surface area contributed by atoms with Gasteiger partial charge in [-0.25, -0.2) is 0 Å². The van der Waals surface area contributed by atoms with Crippen molar-refractivity contribution in [3.05, 3.63) is 76.5 Å². The van der Waals surface area contributed by atoms with Crippen molar-refractivity contribution in [1.82, 2.24) is 5.32 Å². The highest BCUT2D eigenvalue weighted by atomic mass is 35.5. The molecule has 0 aliphatic heterocycles. The molecule has 3 rings (SSSR count). The standard InChI is InChI=1S/C20H17ClN2O3S/c1-12-3-2-4-14(9-12)19(25)23-20(27)22-17-10-13(5-7-16(17)21)18-8-6-15(11-24)26-18/h2-10,24H,11H2,1H3,(H2,22,23,25,27). The summed E-state index contributed by atoms with van der Waals surface area (Å²) in [4.78, 5) is 12.3. The second-order valence-corrected chi connectivity index (χ2v) is 6.71. The lowest BCUT2D eigenvalue weighted by Gasteiger charge is -2.12. The summed E-state index contributed by atoms with van der Waals surface area (Å²) in [7, 11) is 0. The van der Waals surface area contributed by atoms with Crippen molar-refractivity contribution in [2.45, 2.75) is 13.5 Å². The number of hydrogen-bond donors (Lipinski definition) is 3. The summed E-state index contributed by atoms with van der Waals surface area (Å²) in [5, 5.41) is 15.3. The Labute approximate surface area is 167 Å². The van der Waals surface area contributed by atoms with Gasteiger partial charge in [0.2, 0.25) is 0 Å². The number of aliphatic hydroxyl groups excluding tert-OH is 1. The second kappa shape index (κ2) is 8.35. The minimum atomic E-state index is -0.304. The largest absolute Gasteiger partial charge is 0.459 e. The number of aryl methyl sites for hydroxylation is 1. The molecule has 0 unspecified atom stereocenters. The minimum absolute atomic E-state index is 0.135. The summed E-state index contributed by atoms with van der Waals surface area (Å²) in [6.07, 6.45) is 0. The van der Waals surface area contributed by atoms with Gasteiger partial charge >= 0.3 is 0 Å². The van der Waals surface area contributed by atoms with Gasteiger partial charge in [0.05, 0.1) is 10.7 Å². The Bertz CT molecular complexity index is 1000. The lowest BCUT2D eigenvalue weighted by atomic mass is 10.1. The zero-order chi connectivity index (χ0) is 19.4. The molecule has 5 nitrogen and oxygen atoms in total. The molecule has 0 aliphatic carbocycles. The van der Waals surface area contributed by atoms with Crippen LogP contribution in [0, 0.1) is 6.92 Å². The number of anilines is 1. The van der Waals surface area contributed by atoms with E-state index in [1.54, 1.807) is 42.5 Å². The Kier molecular flexibility index (Phi) is 5.91. The molecule has 0 fully saturated rings. The molecule has 7 heteroatoms. The SMILES string of the molecule is Cc1cccc(C(=O)NC(=S)Nc2cc(-c3ccc(CO)o3)ccc2Cl)c1. The molecule has 0 aliphatic rings. The molecule has 3 aromatic rings. The van der Waals surface area contributed by atoms with Crippen LogP contribution in [0.1, 0.15) is 21.7 Å². The maximum atomic E-state index is 12.3. The van der Waals surface area contributed by atoms with Gasteiger partial charge in [0, 0.05) is 11.1 Å². The van der Waals surface area contributed by atoms with Gasteiger partial charge in [0.25, 0.3) is 5.91 Å². The molecule has 27 heavy (non-hydrogen) atoms. The first-order valence-corrected chi connectivity index (χ1v) is 8.93. The van der Waals surface area contributed by atoms with Gasteiger partial charge < -0.3 is 14.8 Å². The summed E-state index contributed by atoms with van der Waals surface area (Å²) in [6.45, 7) is 1.74. The van der Waals surface area contributed by atoms with E-state index in [2.05, 4.69) is 10.6 Å². The van der Waals surface area contributed by atoms with Crippen molar-refractivity contribution in [3.63, 3.8) is 0 Å². The predicted molar refractivity (Wildman–Crippen MR) is 110 cm³/mol. The number of benzene rings is 2. The van der Waals surface area contributed by atoms with Crippen molar-refractivity contribution in [3.8, 4) is 11.3 Å². The van der Waals surface area contributed by atoms with Gasteiger partial charge in [-0.1, -0.05) is 29.3 Å². The molecule has 0 radical (unpaired) electrons. The number of nitrogens with one attached hydrogen (secondary N) is 2. The molecule has 0 spiro atoms. The fourth-order valence-electron chi connectivity index (χ4n) is 2.51. The highest BCUT2D eigenvalue weighted by Crippen LogP contribution is 2.30. The molecule has 138 valence electrons. The average molecular weight is 401 g/mol. The Morgan fingerprint density at radius 1 is 1.19 bits per heavy atom. The molecule has 0 atom stereocenters. The molecule has 0 bridgehead atoms. The quantitative estimate of drug-likeness (QED) is 0.561. The summed E-state index contributed by atoms with van der Waals surface area (Å²) < 4.78 is 5.53. The van der Waals surface area contributed by atoms with Crippen LogP contribution in [0.2, 0.25) is 5.02 Å². The van der Waals surface area contributed by atoms with Crippen LogP contribution in [0.4, 0.5) is 5.69 Å². The number of aliphatic hydroxyl groups is 1. The van der Waals surface area contributed by atoms with Crippen LogP contribution >= 0.6 is 23.8 Å². The van der Waals surface area contributed by atoms with Gasteiger partial charge in [0.15, 0.2) is 5.11 Å². The topological polar surface area (TPSA) is 74.5 Å². The van der Waals surface area contributed by atoms with E-state index < -0.39 is 0 Å². The zero-order valence-electron chi connectivity index (χ0n) is 14.5. The Balaban J connectivity index is 1.73. The molecule has 1 amide bonds. The molecule has 0 saturated heterocycles. The van der Waals surface area contributed by atoms with Crippen LogP contribution < -0.4 is 10.6 Å². The van der Waals surface area contributed by atoms with E-state index >= 15 is 0 Å². The fraction of sp³-hybridized carbons (Fsp3) is 0.100.